The van der Waals surface area contributed by atoms with E-state index in [0.29, 0.717) is 6.42 Å². The summed E-state index contributed by atoms with van der Waals surface area (Å²) < 4.78 is 36.4. The number of hydrogen-bond acceptors (Lipinski definition) is 19. The lowest BCUT2D eigenvalue weighted by atomic mass is 9.33. The van der Waals surface area contributed by atoms with Crippen molar-refractivity contribution in [3.63, 3.8) is 0 Å². The zero-order valence-electron chi connectivity index (χ0n) is 40.0. The second-order valence-electron chi connectivity index (χ2n) is 23.8. The quantitative estimate of drug-likeness (QED) is 0.112. The summed E-state index contributed by atoms with van der Waals surface area (Å²) in [5.41, 5.74) is -1.39. The third kappa shape index (κ3) is 8.23. The molecule has 386 valence electrons. The van der Waals surface area contributed by atoms with E-state index in [1.807, 2.05) is 0 Å². The van der Waals surface area contributed by atoms with E-state index in [4.69, 9.17) is 28.4 Å². The highest BCUT2D eigenvalue weighted by Crippen LogP contribution is 2.75. The molecular weight excluding hydrogens is 881 g/mol. The topological polar surface area (TPSA) is 318 Å². The Bertz CT molecular complexity index is 1780. The van der Waals surface area contributed by atoms with E-state index in [-0.39, 0.29) is 41.6 Å². The summed E-state index contributed by atoms with van der Waals surface area (Å²) in [4.78, 5) is 0. The SMILES string of the molecule is CC1(C)CC[C@]2(CO[C@H]3O[C@@H](CO)[C@H](O)[C@@H](O)[C@@H]3O[C@@H]3O[C@@H](CO)[C@H](O)[C@H](O)[C@@H]3O[C@H]3O[C@@H](CO)[C@H](O)[C@H](O)[C@@H]3O)CC[C@]3(C)C(=C[C@@H](O)[C@H]4[C@]5(C)[C@H](CC[C@]43C)C(C)(C)[C@H](O)C[C@@H]5O)[C@H]2C1. The van der Waals surface area contributed by atoms with E-state index in [0.717, 1.165) is 44.1 Å². The van der Waals surface area contributed by atoms with Gasteiger partial charge >= 0.3 is 0 Å². The highest BCUT2D eigenvalue weighted by molar-refractivity contribution is 5.36. The molecule has 8 aliphatic rings. The third-order valence-corrected chi connectivity index (χ3v) is 19.5. The van der Waals surface area contributed by atoms with E-state index in [1.54, 1.807) is 0 Å². The predicted molar refractivity (Wildman–Crippen MR) is 233 cm³/mol. The summed E-state index contributed by atoms with van der Waals surface area (Å²) in [6, 6.07) is 0. The van der Waals surface area contributed by atoms with Gasteiger partial charge in [0.25, 0.3) is 0 Å². The van der Waals surface area contributed by atoms with Crippen molar-refractivity contribution >= 4 is 0 Å². The fourth-order valence-corrected chi connectivity index (χ4v) is 15.0. The van der Waals surface area contributed by atoms with Gasteiger partial charge in [-0.15, -0.1) is 0 Å². The molecule has 0 aromatic heterocycles. The molecular formula is C48H80O19. The van der Waals surface area contributed by atoms with Gasteiger partial charge in [0.2, 0.25) is 0 Å². The summed E-state index contributed by atoms with van der Waals surface area (Å²) in [6.07, 6.45) is -20.2. The lowest BCUT2D eigenvalue weighted by molar-refractivity contribution is -0.394. The standard InChI is InChI=1S/C48H80O19/c1-43(2)10-12-48(13-11-45(5)21(22(48)16-43)14-23(52)39-46(45,6)9-8-27-44(3,4)28(53)15-29(54)47(27,39)7)20-62-41-37(34(59)31(56)25(18-50)64-41)67-42-38(35(60)32(57)26(19-51)65-42)66-40-36(61)33(58)30(55)24(17-49)63-40/h14,22-42,49-61H,8-13,15-20H2,1-7H3/t22-,23-,24+,25+,26+,27-,28-,29+,30+,31+,32+,33+,34-,35+,36+,37+,38+,39-,40-,41+,42+,45-,46-,47-,48-/m1/s1. The van der Waals surface area contributed by atoms with Crippen LogP contribution in [0.1, 0.15) is 99.8 Å². The molecule has 67 heavy (non-hydrogen) atoms. The molecule has 0 bridgehead atoms. The second-order valence-corrected chi connectivity index (χ2v) is 23.8. The van der Waals surface area contributed by atoms with Crippen LogP contribution in [0.3, 0.4) is 0 Å². The number of hydrogen-bond donors (Lipinski definition) is 13. The molecule has 0 radical (unpaired) electrons. The molecule has 0 unspecified atom stereocenters. The number of ether oxygens (including phenoxy) is 6. The van der Waals surface area contributed by atoms with Crippen molar-refractivity contribution in [3.8, 4) is 0 Å². The summed E-state index contributed by atoms with van der Waals surface area (Å²) in [5.74, 6) is -0.393. The molecule has 0 aromatic carbocycles. The van der Waals surface area contributed by atoms with Crippen LogP contribution in [0.5, 0.6) is 0 Å². The third-order valence-electron chi connectivity index (χ3n) is 19.5. The van der Waals surface area contributed by atoms with E-state index in [9.17, 15) is 66.4 Å². The first-order valence-electron chi connectivity index (χ1n) is 24.5. The first kappa shape index (κ1) is 52.3. The van der Waals surface area contributed by atoms with Crippen molar-refractivity contribution in [2.75, 3.05) is 26.4 Å². The van der Waals surface area contributed by atoms with Gasteiger partial charge in [-0.1, -0.05) is 60.1 Å². The van der Waals surface area contributed by atoms with Crippen molar-refractivity contribution in [2.45, 2.75) is 210 Å². The van der Waals surface area contributed by atoms with Crippen LogP contribution >= 0.6 is 0 Å². The zero-order valence-corrected chi connectivity index (χ0v) is 40.0. The Kier molecular flexibility index (Phi) is 14.4. The summed E-state index contributed by atoms with van der Waals surface area (Å²) in [6.45, 7) is 13.1. The Morgan fingerprint density at radius 3 is 1.70 bits per heavy atom. The molecule has 8 rings (SSSR count). The number of allylic oxidation sites excluding steroid dienone is 1. The molecule has 7 fully saturated rings. The highest BCUT2D eigenvalue weighted by Gasteiger charge is 2.72. The average Bonchev–Trinajstić information content (AvgIpc) is 3.27. The molecule has 19 heteroatoms. The Balaban J connectivity index is 1.10. The van der Waals surface area contributed by atoms with E-state index in [1.165, 1.54) is 0 Å². The fraction of sp³-hybridized carbons (Fsp3) is 0.958. The molecule has 25 atom stereocenters. The maximum atomic E-state index is 12.6. The van der Waals surface area contributed by atoms with Gasteiger partial charge in [-0.05, 0) is 78.4 Å². The minimum Gasteiger partial charge on any atom is -0.394 e. The average molecular weight is 961 g/mol. The lowest BCUT2D eigenvalue weighted by Gasteiger charge is -2.72. The largest absolute Gasteiger partial charge is 0.394 e. The van der Waals surface area contributed by atoms with Gasteiger partial charge in [0.05, 0.1) is 44.7 Å². The smallest absolute Gasteiger partial charge is 0.187 e. The van der Waals surface area contributed by atoms with Crippen molar-refractivity contribution < 1.29 is 94.8 Å². The Labute approximate surface area is 392 Å². The summed E-state index contributed by atoms with van der Waals surface area (Å²) >= 11 is 0. The summed E-state index contributed by atoms with van der Waals surface area (Å²) in [5, 5.41) is 143. The lowest BCUT2D eigenvalue weighted by Crippen LogP contribution is -2.70. The highest BCUT2D eigenvalue weighted by atomic mass is 16.8. The van der Waals surface area contributed by atoms with Gasteiger partial charge < -0.3 is 94.8 Å². The first-order valence-corrected chi connectivity index (χ1v) is 24.5. The van der Waals surface area contributed by atoms with Gasteiger partial charge in [0.1, 0.15) is 73.2 Å². The first-order chi connectivity index (χ1) is 31.3. The normalized spacial score (nSPS) is 55.0. The molecule has 3 saturated heterocycles. The zero-order chi connectivity index (χ0) is 49.1. The molecule has 19 nitrogen and oxygen atoms in total. The van der Waals surface area contributed by atoms with Crippen LogP contribution in [0.4, 0.5) is 0 Å². The monoisotopic (exact) mass is 961 g/mol. The fourth-order valence-electron chi connectivity index (χ4n) is 15.0. The van der Waals surface area contributed by atoms with Crippen LogP contribution in [0.15, 0.2) is 11.6 Å². The Morgan fingerprint density at radius 1 is 0.582 bits per heavy atom. The van der Waals surface area contributed by atoms with E-state index < -0.39 is 152 Å². The number of aliphatic hydroxyl groups excluding tert-OH is 13. The molecule has 0 aromatic rings. The molecule has 4 saturated carbocycles. The molecule has 13 N–H and O–H groups in total. The molecule has 3 aliphatic heterocycles. The van der Waals surface area contributed by atoms with Gasteiger partial charge in [0, 0.05) is 23.2 Å². The molecule has 3 heterocycles. The molecule has 0 spiro atoms. The Morgan fingerprint density at radius 2 is 1.10 bits per heavy atom. The Hall–Kier alpha value is -1.02. The van der Waals surface area contributed by atoms with Crippen LogP contribution in [-0.4, -0.2) is 203 Å². The van der Waals surface area contributed by atoms with Crippen LogP contribution in [0.2, 0.25) is 0 Å². The van der Waals surface area contributed by atoms with Crippen molar-refractivity contribution in [2.24, 2.45) is 50.2 Å². The number of aliphatic hydroxyl groups is 13. The van der Waals surface area contributed by atoms with Crippen molar-refractivity contribution in [1.29, 1.82) is 0 Å². The minimum atomic E-state index is -1.93. The minimum absolute atomic E-state index is 0.0200. The van der Waals surface area contributed by atoms with Gasteiger partial charge in [-0.25, -0.2) is 0 Å². The van der Waals surface area contributed by atoms with Crippen LogP contribution in [0.25, 0.3) is 0 Å². The number of fused-ring (bicyclic) bond motifs is 7. The van der Waals surface area contributed by atoms with E-state index >= 15 is 0 Å². The van der Waals surface area contributed by atoms with Crippen LogP contribution in [0, 0.1) is 50.2 Å². The van der Waals surface area contributed by atoms with Crippen LogP contribution < -0.4 is 0 Å². The number of rotatable bonds is 10. The summed E-state index contributed by atoms with van der Waals surface area (Å²) in [7, 11) is 0. The molecule has 5 aliphatic carbocycles. The maximum Gasteiger partial charge on any atom is 0.187 e. The van der Waals surface area contributed by atoms with Crippen LogP contribution in [-0.2, 0) is 28.4 Å². The van der Waals surface area contributed by atoms with Crippen molar-refractivity contribution in [1.82, 2.24) is 0 Å². The maximum absolute atomic E-state index is 12.6. The predicted octanol–water partition coefficient (Wildman–Crippen LogP) is -1.44. The van der Waals surface area contributed by atoms with Crippen molar-refractivity contribution in [3.05, 3.63) is 11.6 Å². The molecule has 0 amide bonds. The van der Waals surface area contributed by atoms with E-state index in [2.05, 4.69) is 54.5 Å². The van der Waals surface area contributed by atoms with Gasteiger partial charge in [-0.3, -0.25) is 0 Å². The van der Waals surface area contributed by atoms with Gasteiger partial charge in [0.15, 0.2) is 18.9 Å². The van der Waals surface area contributed by atoms with Gasteiger partial charge in [-0.2, -0.15) is 0 Å². The second kappa shape index (κ2) is 18.5.